The number of nitrogen functional groups attached to an aromatic ring is 1. The van der Waals surface area contributed by atoms with Crippen molar-refractivity contribution in [3.8, 4) is 11.1 Å². The number of fused-ring (bicyclic) bond motifs is 1. The minimum Gasteiger partial charge on any atom is -0.744 e. The van der Waals surface area contributed by atoms with Crippen LogP contribution >= 0.6 is 31.9 Å². The van der Waals surface area contributed by atoms with E-state index in [0.29, 0.717) is 20.0 Å². The maximum atomic E-state index is 11.8. The zero-order chi connectivity index (χ0) is 22.2. The molecule has 1 aromatic heterocycles. The summed E-state index contributed by atoms with van der Waals surface area (Å²) in [6.07, 6.45) is 3.44. The van der Waals surface area contributed by atoms with E-state index in [9.17, 15) is 13.0 Å². The van der Waals surface area contributed by atoms with Crippen molar-refractivity contribution in [1.29, 1.82) is 0 Å². The Bertz CT molecular complexity index is 1430. The summed E-state index contributed by atoms with van der Waals surface area (Å²) < 4.78 is 36.6. The van der Waals surface area contributed by atoms with Crippen molar-refractivity contribution in [1.82, 2.24) is 4.98 Å². The molecule has 32 heavy (non-hydrogen) atoms. The van der Waals surface area contributed by atoms with Gasteiger partial charge < -0.3 is 10.3 Å². The van der Waals surface area contributed by atoms with Crippen LogP contribution in [0.2, 0.25) is 0 Å². The first-order valence-corrected chi connectivity index (χ1v) is 11.8. The molecule has 1 heterocycles. The van der Waals surface area contributed by atoms with Crippen LogP contribution in [0.15, 0.2) is 91.1 Å². The van der Waals surface area contributed by atoms with Crippen LogP contribution < -0.4 is 35.3 Å². The number of azo groups is 1. The third-order valence-electron chi connectivity index (χ3n) is 4.57. The Balaban J connectivity index is 0.00000289. The predicted octanol–water partition coefficient (Wildman–Crippen LogP) is 3.33. The molecule has 0 atom stereocenters. The van der Waals surface area contributed by atoms with E-state index in [-0.39, 0.29) is 46.3 Å². The van der Waals surface area contributed by atoms with Gasteiger partial charge in [-0.2, -0.15) is 0 Å². The minimum atomic E-state index is -4.74. The predicted molar refractivity (Wildman–Crippen MR) is 126 cm³/mol. The Kier molecular flexibility index (Phi) is 7.87. The molecule has 0 aliphatic heterocycles. The van der Waals surface area contributed by atoms with E-state index < -0.39 is 15.0 Å². The summed E-state index contributed by atoms with van der Waals surface area (Å²) in [5, 5.41) is 9.05. The Hall–Kier alpha value is -1.66. The van der Waals surface area contributed by atoms with Gasteiger partial charge in [0.2, 0.25) is 0 Å². The number of rotatable bonds is 4. The SMILES string of the molecule is Nc1c(N=Nc2c(Br)cc(-c3cccnc3)cc2Br)cc(S(=O)(=O)[O-])c2ccccc12.[Na+]. The van der Waals surface area contributed by atoms with Crippen molar-refractivity contribution in [3.05, 3.63) is 75.9 Å². The largest absolute Gasteiger partial charge is 1.00 e. The smallest absolute Gasteiger partial charge is 0.744 e. The summed E-state index contributed by atoms with van der Waals surface area (Å²) in [5.41, 5.74) is 8.82. The number of anilines is 1. The Morgan fingerprint density at radius 3 is 2.16 bits per heavy atom. The molecule has 3 aromatic carbocycles. The van der Waals surface area contributed by atoms with E-state index in [1.165, 1.54) is 6.07 Å². The molecular weight excluding hydrogens is 571 g/mol. The van der Waals surface area contributed by atoms with Crippen molar-refractivity contribution in [2.75, 3.05) is 5.73 Å². The van der Waals surface area contributed by atoms with Gasteiger partial charge in [0.15, 0.2) is 0 Å². The van der Waals surface area contributed by atoms with Gasteiger partial charge in [-0.1, -0.05) is 30.3 Å². The van der Waals surface area contributed by atoms with Crippen LogP contribution in [0, 0.1) is 0 Å². The van der Waals surface area contributed by atoms with E-state index in [1.54, 1.807) is 30.6 Å². The van der Waals surface area contributed by atoms with Gasteiger partial charge in [-0.3, -0.25) is 4.98 Å². The first-order valence-electron chi connectivity index (χ1n) is 8.84. The zero-order valence-electron chi connectivity index (χ0n) is 16.7. The van der Waals surface area contributed by atoms with E-state index in [2.05, 4.69) is 47.1 Å². The van der Waals surface area contributed by atoms with Gasteiger partial charge in [0.25, 0.3) is 0 Å². The number of nitrogens with zero attached hydrogens (tertiary/aromatic N) is 3. The van der Waals surface area contributed by atoms with E-state index in [1.807, 2.05) is 24.3 Å². The molecule has 0 amide bonds. The maximum Gasteiger partial charge on any atom is 1.00 e. The molecule has 0 bridgehead atoms. The maximum absolute atomic E-state index is 11.8. The summed E-state index contributed by atoms with van der Waals surface area (Å²) >= 11 is 6.98. The number of halogens is 2. The van der Waals surface area contributed by atoms with Crippen LogP contribution in [-0.2, 0) is 10.1 Å². The second-order valence-electron chi connectivity index (χ2n) is 6.54. The van der Waals surface area contributed by atoms with Gasteiger partial charge in [-0.25, -0.2) is 8.42 Å². The van der Waals surface area contributed by atoms with Crippen molar-refractivity contribution >= 4 is 69.8 Å². The summed E-state index contributed by atoms with van der Waals surface area (Å²) in [4.78, 5) is 3.73. The third-order valence-corrected chi connectivity index (χ3v) is 6.65. The van der Waals surface area contributed by atoms with Crippen LogP contribution in [0.25, 0.3) is 21.9 Å². The van der Waals surface area contributed by atoms with Crippen molar-refractivity contribution < 1.29 is 42.5 Å². The summed E-state index contributed by atoms with van der Waals surface area (Å²) in [7, 11) is -4.74. The first-order chi connectivity index (χ1) is 14.8. The average molecular weight is 584 g/mol. The second kappa shape index (κ2) is 10.1. The van der Waals surface area contributed by atoms with Gasteiger partial charge >= 0.3 is 29.6 Å². The Morgan fingerprint density at radius 2 is 1.56 bits per heavy atom. The standard InChI is InChI=1S/C21H14Br2N4O3S.Na/c22-16-8-13(12-4-3-7-25-11-12)9-17(23)21(16)27-26-18-10-19(31(28,29)30)14-5-1-2-6-15(14)20(18)24;/h1-11H,24H2,(H,28,29,30);/q;+1/p-1. The molecule has 0 radical (unpaired) electrons. The molecule has 156 valence electrons. The van der Waals surface area contributed by atoms with E-state index >= 15 is 0 Å². The fraction of sp³-hybridized carbons (Fsp3) is 0. The summed E-state index contributed by atoms with van der Waals surface area (Å²) in [6, 6.07) is 15.2. The number of pyridine rings is 1. The minimum absolute atomic E-state index is 0. The monoisotopic (exact) mass is 582 g/mol. The number of hydrogen-bond donors (Lipinski definition) is 1. The number of hydrogen-bond acceptors (Lipinski definition) is 7. The topological polar surface area (TPSA) is 121 Å². The van der Waals surface area contributed by atoms with Gasteiger partial charge in [-0.15, -0.1) is 10.2 Å². The molecule has 7 nitrogen and oxygen atoms in total. The van der Waals surface area contributed by atoms with Crippen molar-refractivity contribution in [3.63, 3.8) is 0 Å². The molecule has 0 aliphatic rings. The first kappa shape index (κ1) is 25.0. The Morgan fingerprint density at radius 1 is 0.906 bits per heavy atom. The summed E-state index contributed by atoms with van der Waals surface area (Å²) in [5.74, 6) is 0. The van der Waals surface area contributed by atoms with Gasteiger partial charge in [0.05, 0.1) is 10.6 Å². The summed E-state index contributed by atoms with van der Waals surface area (Å²) in [6.45, 7) is 0. The fourth-order valence-corrected chi connectivity index (χ4v) is 5.15. The van der Waals surface area contributed by atoms with Crippen LogP contribution in [0.3, 0.4) is 0 Å². The van der Waals surface area contributed by atoms with Crippen LogP contribution in [0.4, 0.5) is 17.1 Å². The number of aromatic nitrogens is 1. The number of nitrogens with two attached hydrogens (primary N) is 1. The molecule has 4 aromatic rings. The Labute approximate surface area is 223 Å². The molecule has 0 unspecified atom stereocenters. The normalized spacial score (nSPS) is 11.6. The fourth-order valence-electron chi connectivity index (χ4n) is 3.11. The molecule has 4 rings (SSSR count). The average Bonchev–Trinajstić information content (AvgIpc) is 2.74. The van der Waals surface area contributed by atoms with Crippen molar-refractivity contribution in [2.45, 2.75) is 4.90 Å². The second-order valence-corrected chi connectivity index (χ2v) is 9.59. The third kappa shape index (κ3) is 5.12. The zero-order valence-corrected chi connectivity index (χ0v) is 22.6. The molecule has 0 fully saturated rings. The van der Waals surface area contributed by atoms with Gasteiger partial charge in [0.1, 0.15) is 21.5 Å². The quantitative estimate of drug-likeness (QED) is 0.171. The molecule has 0 spiro atoms. The van der Waals surface area contributed by atoms with Crippen LogP contribution in [0.5, 0.6) is 0 Å². The van der Waals surface area contributed by atoms with E-state index in [0.717, 1.165) is 17.2 Å². The van der Waals surface area contributed by atoms with Crippen LogP contribution in [-0.4, -0.2) is 18.0 Å². The van der Waals surface area contributed by atoms with E-state index in [4.69, 9.17) is 5.73 Å². The molecule has 2 N–H and O–H groups in total. The van der Waals surface area contributed by atoms with Crippen molar-refractivity contribution in [2.24, 2.45) is 10.2 Å². The van der Waals surface area contributed by atoms with Gasteiger partial charge in [-0.05, 0) is 61.7 Å². The van der Waals surface area contributed by atoms with Crippen LogP contribution in [0.1, 0.15) is 0 Å². The molecular formula is C21H13Br2N4NaO3S. The molecule has 0 saturated carbocycles. The number of benzene rings is 3. The molecule has 0 saturated heterocycles. The molecule has 0 aliphatic carbocycles. The molecule has 11 heteroatoms. The van der Waals surface area contributed by atoms with Gasteiger partial charge in [0, 0.05) is 37.7 Å².